The van der Waals surface area contributed by atoms with E-state index >= 15 is 0 Å². The maximum atomic E-state index is 13.7. The van der Waals surface area contributed by atoms with Gasteiger partial charge in [0.15, 0.2) is 0 Å². The molecule has 0 spiro atoms. The number of aryl methyl sites for hydroxylation is 1. The van der Waals surface area contributed by atoms with Crippen molar-refractivity contribution in [3.63, 3.8) is 0 Å². The normalized spacial score (nSPS) is 14.2. The number of hydrogen-bond donors (Lipinski definition) is 0. The van der Waals surface area contributed by atoms with Gasteiger partial charge in [-0.15, -0.1) is 0 Å². The molecular formula is C34H32Br2N4O2. The molecule has 1 aliphatic carbocycles. The molecule has 214 valence electrons. The Bertz CT molecular complexity index is 1820. The van der Waals surface area contributed by atoms with Crippen molar-refractivity contribution in [2.75, 3.05) is 0 Å². The zero-order valence-electron chi connectivity index (χ0n) is 23.7. The molecule has 5 aromatic rings. The Hall–Kier alpha value is -3.49. The van der Waals surface area contributed by atoms with Crippen LogP contribution in [0.3, 0.4) is 0 Å². The second-order valence-corrected chi connectivity index (χ2v) is 12.7. The second kappa shape index (κ2) is 12.4. The molecular weight excluding hydrogens is 656 g/mol. The topological polar surface area (TPSA) is 61.4 Å². The van der Waals surface area contributed by atoms with Crippen LogP contribution in [0.25, 0.3) is 16.6 Å². The molecule has 6 rings (SSSR count). The van der Waals surface area contributed by atoms with E-state index in [4.69, 9.17) is 14.8 Å². The van der Waals surface area contributed by atoms with E-state index in [1.807, 2.05) is 54.6 Å². The van der Waals surface area contributed by atoms with Gasteiger partial charge in [0.1, 0.15) is 18.2 Å². The van der Waals surface area contributed by atoms with Crippen LogP contribution in [-0.4, -0.2) is 20.4 Å². The zero-order valence-corrected chi connectivity index (χ0v) is 26.9. The van der Waals surface area contributed by atoms with Gasteiger partial charge in [0, 0.05) is 37.5 Å². The Labute approximate surface area is 262 Å². The van der Waals surface area contributed by atoms with Gasteiger partial charge < -0.3 is 9.30 Å². The molecule has 0 saturated heterocycles. The van der Waals surface area contributed by atoms with Gasteiger partial charge in [-0.1, -0.05) is 63.3 Å². The summed E-state index contributed by atoms with van der Waals surface area (Å²) in [5, 5.41) is 5.34. The monoisotopic (exact) mass is 686 g/mol. The fraction of sp³-hybridized carbons (Fsp3) is 0.265. The van der Waals surface area contributed by atoms with Gasteiger partial charge in [-0.25, -0.2) is 4.98 Å². The molecule has 0 amide bonds. The van der Waals surface area contributed by atoms with Crippen LogP contribution in [0.2, 0.25) is 0 Å². The second-order valence-electron chi connectivity index (χ2n) is 10.9. The third-order valence-corrected chi connectivity index (χ3v) is 9.02. The number of fused-ring (bicyclic) bond motifs is 1. The van der Waals surface area contributed by atoms with Crippen molar-refractivity contribution in [2.45, 2.75) is 58.5 Å². The van der Waals surface area contributed by atoms with Crippen LogP contribution in [0.1, 0.15) is 66.4 Å². The van der Waals surface area contributed by atoms with Gasteiger partial charge in [-0.3, -0.25) is 4.79 Å². The zero-order chi connectivity index (χ0) is 29.2. The molecule has 0 unspecified atom stereocenters. The van der Waals surface area contributed by atoms with Gasteiger partial charge in [0.2, 0.25) is 0 Å². The largest absolute Gasteiger partial charge is 0.489 e. The molecule has 0 atom stereocenters. The summed E-state index contributed by atoms with van der Waals surface area (Å²) in [6.07, 6.45) is 7.39. The molecule has 2 aromatic heterocycles. The van der Waals surface area contributed by atoms with E-state index in [0.29, 0.717) is 12.0 Å². The lowest BCUT2D eigenvalue weighted by Gasteiger charge is -2.22. The maximum absolute atomic E-state index is 13.7. The lowest BCUT2D eigenvalue weighted by atomic mass is 9.88. The molecule has 0 radical (unpaired) electrons. The summed E-state index contributed by atoms with van der Waals surface area (Å²) in [6, 6.07) is 24.0. The van der Waals surface area contributed by atoms with Gasteiger partial charge in [0.25, 0.3) is 5.56 Å². The minimum atomic E-state index is -0.134. The van der Waals surface area contributed by atoms with E-state index in [9.17, 15) is 4.79 Å². The summed E-state index contributed by atoms with van der Waals surface area (Å²) in [6.45, 7) is 4.67. The van der Waals surface area contributed by atoms with Crippen LogP contribution in [0.15, 0.2) is 91.6 Å². The quantitative estimate of drug-likeness (QED) is 0.161. The summed E-state index contributed by atoms with van der Waals surface area (Å²) in [7, 11) is 0. The van der Waals surface area contributed by atoms with Crippen molar-refractivity contribution in [2.24, 2.45) is 5.10 Å². The minimum Gasteiger partial charge on any atom is -0.489 e. The Morgan fingerprint density at radius 3 is 2.38 bits per heavy atom. The van der Waals surface area contributed by atoms with Crippen LogP contribution >= 0.6 is 31.9 Å². The van der Waals surface area contributed by atoms with Gasteiger partial charge in [-0.2, -0.15) is 9.78 Å². The first-order valence-electron chi connectivity index (χ1n) is 14.3. The molecule has 1 fully saturated rings. The molecule has 0 N–H and O–H groups in total. The fourth-order valence-electron chi connectivity index (χ4n) is 5.78. The number of hydrogen-bond acceptors (Lipinski definition) is 4. The molecule has 6 nitrogen and oxygen atoms in total. The van der Waals surface area contributed by atoms with E-state index < -0.39 is 0 Å². The van der Waals surface area contributed by atoms with Gasteiger partial charge in [-0.05, 0) is 92.9 Å². The average Bonchev–Trinajstić information content (AvgIpc) is 3.29. The van der Waals surface area contributed by atoms with E-state index in [1.165, 1.54) is 11.1 Å². The highest BCUT2D eigenvalue weighted by Gasteiger charge is 2.22. The molecule has 3 aromatic carbocycles. The standard InChI is InChI=1S/C34H32Br2N4O2/c1-22-18-26(23(2)39(22)29-13-15-30(16-14-29)42-21-24-8-10-27(35)11-9-24)20-37-40-33(25-6-4-3-5-7-25)38-32-17-12-28(36)19-31(32)34(40)41/h8-20,25H,3-7,21H2,1-2H3. The van der Waals surface area contributed by atoms with Crippen LogP contribution < -0.4 is 10.3 Å². The highest BCUT2D eigenvalue weighted by molar-refractivity contribution is 9.10. The molecule has 1 saturated carbocycles. The Morgan fingerprint density at radius 2 is 1.64 bits per heavy atom. The number of rotatable bonds is 7. The Kier molecular flexibility index (Phi) is 8.45. The summed E-state index contributed by atoms with van der Waals surface area (Å²) < 4.78 is 11.6. The molecule has 1 aliphatic rings. The highest BCUT2D eigenvalue weighted by Crippen LogP contribution is 2.32. The number of nitrogens with zero attached hydrogens (tertiary/aromatic N) is 4. The van der Waals surface area contributed by atoms with Gasteiger partial charge >= 0.3 is 0 Å². The number of benzene rings is 3. The molecule has 8 heteroatoms. The van der Waals surface area contributed by atoms with Crippen molar-refractivity contribution in [3.8, 4) is 11.4 Å². The highest BCUT2D eigenvalue weighted by atomic mass is 79.9. The van der Waals surface area contributed by atoms with E-state index in [0.717, 1.165) is 79.9 Å². The lowest BCUT2D eigenvalue weighted by molar-refractivity contribution is 0.306. The van der Waals surface area contributed by atoms with Gasteiger partial charge in [0.05, 0.1) is 17.1 Å². The molecule has 0 bridgehead atoms. The fourth-order valence-corrected chi connectivity index (χ4v) is 6.40. The molecule has 2 heterocycles. The van der Waals surface area contributed by atoms with Crippen LogP contribution in [0, 0.1) is 13.8 Å². The summed E-state index contributed by atoms with van der Waals surface area (Å²) in [4.78, 5) is 18.7. The average molecular weight is 688 g/mol. The van der Waals surface area contributed by atoms with E-state index in [1.54, 1.807) is 6.21 Å². The first kappa shape index (κ1) is 28.6. The smallest absolute Gasteiger partial charge is 0.282 e. The SMILES string of the molecule is Cc1cc(C=Nn2c(C3CCCCC3)nc3ccc(Br)cc3c2=O)c(C)n1-c1ccc(OCc2ccc(Br)cc2)cc1. The first-order chi connectivity index (χ1) is 20.4. The summed E-state index contributed by atoms with van der Waals surface area (Å²) in [5.41, 5.74) is 5.82. The number of aromatic nitrogens is 3. The first-order valence-corrected chi connectivity index (χ1v) is 15.9. The van der Waals surface area contributed by atoms with Crippen molar-refractivity contribution in [1.29, 1.82) is 0 Å². The van der Waals surface area contributed by atoms with E-state index in [2.05, 4.69) is 68.5 Å². The van der Waals surface area contributed by atoms with E-state index in [-0.39, 0.29) is 11.5 Å². The van der Waals surface area contributed by atoms with Crippen molar-refractivity contribution in [1.82, 2.24) is 14.2 Å². The predicted molar refractivity (Wildman–Crippen MR) is 176 cm³/mol. The molecule has 42 heavy (non-hydrogen) atoms. The maximum Gasteiger partial charge on any atom is 0.282 e. The van der Waals surface area contributed by atoms with Crippen molar-refractivity contribution >= 4 is 49.0 Å². The number of halogens is 2. The third kappa shape index (κ3) is 6.01. The Morgan fingerprint density at radius 1 is 0.929 bits per heavy atom. The predicted octanol–water partition coefficient (Wildman–Crippen LogP) is 8.84. The number of ether oxygens (including phenoxy) is 1. The Balaban J connectivity index is 1.29. The lowest BCUT2D eigenvalue weighted by Crippen LogP contribution is -2.25. The third-order valence-electron chi connectivity index (χ3n) is 8.00. The van der Waals surface area contributed by atoms with Crippen molar-refractivity contribution < 1.29 is 4.74 Å². The summed E-state index contributed by atoms with van der Waals surface area (Å²) >= 11 is 6.97. The van der Waals surface area contributed by atoms with Crippen LogP contribution in [0.5, 0.6) is 5.75 Å². The van der Waals surface area contributed by atoms with Crippen LogP contribution in [-0.2, 0) is 6.61 Å². The minimum absolute atomic E-state index is 0.134. The molecule has 0 aliphatic heterocycles. The van der Waals surface area contributed by atoms with Crippen molar-refractivity contribution in [3.05, 3.63) is 120 Å². The van der Waals surface area contributed by atoms with Crippen LogP contribution in [0.4, 0.5) is 0 Å². The summed E-state index contributed by atoms with van der Waals surface area (Å²) in [5.74, 6) is 1.81.